The number of ether oxygens (including phenoxy) is 6. The Morgan fingerprint density at radius 1 is 0.659 bits per heavy atom. The molecule has 1 aliphatic heterocycles. The van der Waals surface area contributed by atoms with Crippen molar-refractivity contribution in [3.63, 3.8) is 0 Å². The van der Waals surface area contributed by atoms with Crippen molar-refractivity contribution in [2.45, 2.75) is 34.6 Å². The van der Waals surface area contributed by atoms with Gasteiger partial charge in [0.2, 0.25) is 5.91 Å². The molecule has 0 radical (unpaired) electrons. The molecule has 1 aromatic rings. The van der Waals surface area contributed by atoms with E-state index < -0.39 is 24.3 Å². The highest BCUT2D eigenvalue weighted by Gasteiger charge is 2.04. The lowest BCUT2D eigenvalue weighted by molar-refractivity contribution is -0.118. The van der Waals surface area contributed by atoms with E-state index in [-0.39, 0.29) is 50.1 Å². The number of rotatable bonds is 13. The molecule has 1 fully saturated rings. The van der Waals surface area contributed by atoms with Gasteiger partial charge in [0.15, 0.2) is 5.96 Å². The molecule has 0 spiro atoms. The summed E-state index contributed by atoms with van der Waals surface area (Å²) in [6, 6.07) is 9.03. The standard InChI is InChI=1S/C8H10N2O.C8H17NO4.C6H15NS.C4H8N2O.C4H10N2O.C4H9NO2.C3H8N2O.C3H7NO2.C3H7NO.C2H7N3.C2H6N2O.C2H5NO2.CH5N.CH4/c1-9-8(11)10-7-5-3-2-4-6-7;1-3-11-4-5-12-6-7-13-8(10)9-2;1-7(2)5-4-6-8-3;1-5-4-6-2-3-7-4;1-5-4(7)6(2)3;1-3-7-4(6)5-2;1-4-3(6)5-2;1-4-3(5)6-2;1-3(5)4-2;1-5-2(3)4;1-4-2(3)5;1-3-2(4)5;1-2;/h2-6H,1H3,(H2,9,10,11);3-7H2,1-2H3,(H,9,10);4-6H2,1-3H3;2-3H2,1H3,(H,5,6);1-3H3,(H,5,7);3H2,1-2H3,(H,5,6);1-2H3,(H2,4,5,6);1-2H3,(H,4,5);1-2H3,(H,4,5);1H3,(H4,3,4,5);1H3,(H3,3,4,5);3H,1H3,(H,4,5);2H2,1H3;1H4. The Hall–Kier alpha value is -8.42. The lowest BCUT2D eigenvalue weighted by Gasteiger charge is -2.06. The zero-order valence-corrected chi connectivity index (χ0v) is 56.6. The van der Waals surface area contributed by atoms with Crippen LogP contribution >= 0.6 is 11.8 Å². The monoisotopic (exact) mass is 1300 g/mol. The van der Waals surface area contributed by atoms with Gasteiger partial charge in [0.1, 0.15) is 13.2 Å². The van der Waals surface area contributed by atoms with Gasteiger partial charge in [-0.3, -0.25) is 9.79 Å². The summed E-state index contributed by atoms with van der Waals surface area (Å²) < 4.78 is 28.4. The number of carboxylic acid groups (broad SMARTS) is 1. The summed E-state index contributed by atoms with van der Waals surface area (Å²) in [5, 5.41) is 36.2. The van der Waals surface area contributed by atoms with E-state index in [1.54, 1.807) is 63.3 Å². The number of hydrogen-bond acceptors (Lipinski definition) is 20. The van der Waals surface area contributed by atoms with E-state index in [1.807, 2.05) is 54.3 Å². The minimum Gasteiger partial charge on any atom is -0.465 e. The van der Waals surface area contributed by atoms with Crippen LogP contribution in [0.1, 0.15) is 34.6 Å². The summed E-state index contributed by atoms with van der Waals surface area (Å²) >= 11 is 1.92. The number of nitrogens with two attached hydrogens (primary N) is 4. The van der Waals surface area contributed by atoms with Crippen molar-refractivity contribution >= 4 is 83.8 Å². The number of nitrogens with one attached hydrogen (secondary N) is 12. The Balaban J connectivity index is -0.0000000723. The first-order valence-electron chi connectivity index (χ1n) is 26.0. The summed E-state index contributed by atoms with van der Waals surface area (Å²) in [7, 11) is 29.0. The van der Waals surface area contributed by atoms with Gasteiger partial charge in [-0.15, -0.1) is 0 Å². The fourth-order valence-corrected chi connectivity index (χ4v) is 3.44. The largest absolute Gasteiger partial charge is 0.465 e. The first-order chi connectivity index (χ1) is 41.0. The number of carbonyl (C=O) groups excluding carboxylic acids is 8. The predicted molar refractivity (Wildman–Crippen MR) is 354 cm³/mol. The Morgan fingerprint density at radius 2 is 1.09 bits per heavy atom. The molecule has 1 aromatic carbocycles. The first-order valence-corrected chi connectivity index (χ1v) is 27.4. The van der Waals surface area contributed by atoms with Gasteiger partial charge in [0.05, 0.1) is 40.1 Å². The number of thioether (sulfide) groups is 1. The van der Waals surface area contributed by atoms with Crippen LogP contribution in [-0.2, 0) is 33.2 Å². The fourth-order valence-electron chi connectivity index (χ4n) is 3.02. The molecule has 0 atom stereocenters. The number of urea groups is 4. The maximum Gasteiger partial charge on any atom is 0.406 e. The molecule has 88 heavy (non-hydrogen) atoms. The van der Waals surface area contributed by atoms with Crippen LogP contribution < -0.4 is 86.7 Å². The van der Waals surface area contributed by atoms with Crippen molar-refractivity contribution in [3.05, 3.63) is 30.3 Å². The van der Waals surface area contributed by atoms with Gasteiger partial charge in [-0.1, -0.05) is 25.6 Å². The molecule has 37 heteroatoms. The van der Waals surface area contributed by atoms with Crippen molar-refractivity contribution in [1.82, 2.24) is 68.3 Å². The Kier molecular flexibility index (Phi) is 116. The first kappa shape index (κ1) is 108. The smallest absolute Gasteiger partial charge is 0.406 e. The van der Waals surface area contributed by atoms with Gasteiger partial charge < -0.3 is 130 Å². The van der Waals surface area contributed by atoms with Crippen LogP contribution in [0, 0.1) is 0 Å². The number of carbonyl (C=O) groups is 9. The Bertz CT molecular complexity index is 1710. The zero-order valence-electron chi connectivity index (χ0n) is 55.7. The van der Waals surface area contributed by atoms with Gasteiger partial charge in [-0.2, -0.15) is 11.8 Å². The van der Waals surface area contributed by atoms with E-state index in [9.17, 15) is 43.2 Å². The van der Waals surface area contributed by atoms with Gasteiger partial charge in [0, 0.05) is 118 Å². The zero-order chi connectivity index (χ0) is 70.2. The van der Waals surface area contributed by atoms with Crippen molar-refractivity contribution in [2.75, 3.05) is 204 Å². The van der Waals surface area contributed by atoms with Gasteiger partial charge in [-0.25, -0.2) is 43.3 Å². The van der Waals surface area contributed by atoms with Crippen LogP contribution in [0.4, 0.5) is 44.0 Å². The molecule has 524 valence electrons. The van der Waals surface area contributed by atoms with E-state index >= 15 is 0 Å². The third-order valence-corrected chi connectivity index (χ3v) is 7.98. The average Bonchev–Trinajstić information content (AvgIpc) is 4.09. The van der Waals surface area contributed by atoms with E-state index in [0.717, 1.165) is 18.8 Å². The Morgan fingerprint density at radius 3 is 1.32 bits per heavy atom. The molecule has 0 aliphatic carbocycles. The van der Waals surface area contributed by atoms with Crippen LogP contribution in [-0.4, -0.2) is 280 Å². The quantitative estimate of drug-likeness (QED) is 0.0554. The number of amidine groups is 1. The second-order valence-corrected chi connectivity index (χ2v) is 15.3. The maximum atomic E-state index is 10.8. The number of primary amides is 1. The van der Waals surface area contributed by atoms with Crippen LogP contribution in [0.5, 0.6) is 0 Å². The topological polar surface area (TPSA) is 509 Å². The number of benzene rings is 1. The molecule has 0 saturated carbocycles. The van der Waals surface area contributed by atoms with Crippen molar-refractivity contribution in [3.8, 4) is 0 Å². The minimum absolute atomic E-state index is 0. The molecule has 2 rings (SSSR count). The number of alkyl carbamates (subject to hydrolysis) is 3. The number of aliphatic imine (C=N–C) groups is 2. The third-order valence-electron chi connectivity index (χ3n) is 7.29. The number of hydrogen-bond donors (Lipinski definition) is 17. The number of guanidine groups is 1. The SMILES string of the molecule is C.CCOC(=O)NC.CCOCCOCCOC(=O)NC.CN.CN=C(N)N.CN=C1NCCO1.CNC(=O)N(C)C.CNC(=O)NC.CNC(=O)Nc1ccccc1.CNC(=O)O.CNC(=O)OC.CNC(C)=O.CNC(N)=O.CSCCCN(C)C. The maximum absolute atomic E-state index is 10.8. The number of anilines is 1. The average molecular weight is 1300 g/mol. The van der Waals surface area contributed by atoms with Gasteiger partial charge in [-0.05, 0) is 72.1 Å². The van der Waals surface area contributed by atoms with Gasteiger partial charge >= 0.3 is 48.5 Å². The predicted octanol–water partition coefficient (Wildman–Crippen LogP) is 0.515. The molecular weight excluding hydrogens is 1180 g/mol. The van der Waals surface area contributed by atoms with E-state index in [4.69, 9.17) is 30.8 Å². The highest BCUT2D eigenvalue weighted by atomic mass is 32.2. The normalized spacial score (nSPS) is 9.20. The van der Waals surface area contributed by atoms with E-state index in [2.05, 4.69) is 119 Å². The molecule has 0 unspecified atom stereocenters. The third kappa shape index (κ3) is 137. The van der Waals surface area contributed by atoms with Crippen LogP contribution in [0.25, 0.3) is 0 Å². The molecule has 36 nitrogen and oxygen atoms in total. The van der Waals surface area contributed by atoms with E-state index in [1.165, 1.54) is 87.0 Å². The van der Waals surface area contributed by atoms with Crippen molar-refractivity contribution in [1.29, 1.82) is 0 Å². The van der Waals surface area contributed by atoms with Crippen molar-refractivity contribution < 1.29 is 76.7 Å². The molecule has 13 amide bonds. The molecule has 1 heterocycles. The second-order valence-electron chi connectivity index (χ2n) is 14.3. The summed E-state index contributed by atoms with van der Waals surface area (Å²) in [6.07, 6.45) is 1.25. The highest BCUT2D eigenvalue weighted by Crippen LogP contribution is 2.03. The molecular formula is C51H118N20O16S. The summed E-state index contributed by atoms with van der Waals surface area (Å²) in [4.78, 5) is 101. The van der Waals surface area contributed by atoms with Crippen molar-refractivity contribution in [2.24, 2.45) is 32.9 Å². The molecule has 0 aromatic heterocycles. The van der Waals surface area contributed by atoms with Crippen LogP contribution in [0.2, 0.25) is 0 Å². The molecule has 0 bridgehead atoms. The number of amides is 13. The lowest BCUT2D eigenvalue weighted by atomic mass is 10.3. The fraction of sp³-hybridized carbons (Fsp3) is 0.667. The van der Waals surface area contributed by atoms with Crippen LogP contribution in [0.3, 0.4) is 0 Å². The Labute approximate surface area is 528 Å². The lowest BCUT2D eigenvalue weighted by Crippen LogP contribution is -2.31. The number of para-hydroxylation sites is 1. The second kappa shape index (κ2) is 94.9. The molecule has 1 aliphatic rings. The molecule has 1 saturated heterocycles. The number of methoxy groups -OCH3 is 1. The summed E-state index contributed by atoms with van der Waals surface area (Å²) in [5.41, 5.74) is 19.5. The van der Waals surface area contributed by atoms with Crippen LogP contribution in [0.15, 0.2) is 40.3 Å². The number of nitrogens with zero attached hydrogens (tertiary/aromatic N) is 4. The minimum atomic E-state index is -0.995. The molecule has 21 N–H and O–H groups in total. The highest BCUT2D eigenvalue weighted by molar-refractivity contribution is 7.98. The summed E-state index contributed by atoms with van der Waals surface area (Å²) in [6.45, 7) is 10.9. The summed E-state index contributed by atoms with van der Waals surface area (Å²) in [5.74, 6) is 1.42. The van der Waals surface area contributed by atoms with Gasteiger partial charge in [0.25, 0.3) is 6.02 Å². The van der Waals surface area contributed by atoms with E-state index in [0.29, 0.717) is 39.1 Å².